The zero-order chi connectivity index (χ0) is 35.6. The fourth-order valence-corrected chi connectivity index (χ4v) is 5.65. The quantitative estimate of drug-likeness (QED) is 0.219. The molecule has 1 aliphatic rings. The Labute approximate surface area is 289 Å². The minimum Gasteiger partial charge on any atom is -0.483 e. The first-order valence-corrected chi connectivity index (χ1v) is 16.7. The molecule has 0 aliphatic carbocycles. The number of fused-ring (bicyclic) bond motifs is 2. The topological polar surface area (TPSA) is 174 Å². The standard InChI is InChI=1S/C37H42N6O7/c1-23(2)30-35(47)40-27(20-24-12-6-4-7-13-24)37-41-28(22-50-37)33(45)38-18-11-10-16-26(34(46)42-30)39-36(48)31-32(29(44)17-19-43(31)3)49-21-25-14-8-5-9-15-25/h4-9,12-15,17,19,22-23,26-27,30H,10-11,16,18,20-21H2,1-3H3,(H,38,45)(H,39,48)(H,40,47)(H,42,46)/t26-,27+,30-/m0/s1. The van der Waals surface area contributed by atoms with Crippen LogP contribution in [0, 0.1) is 5.92 Å². The molecule has 0 fully saturated rings. The maximum absolute atomic E-state index is 13.9. The van der Waals surface area contributed by atoms with Crippen LogP contribution in [0.3, 0.4) is 0 Å². The maximum Gasteiger partial charge on any atom is 0.273 e. The molecule has 3 atom stereocenters. The molecule has 2 aromatic heterocycles. The van der Waals surface area contributed by atoms with E-state index in [2.05, 4.69) is 26.3 Å². The third-order valence-electron chi connectivity index (χ3n) is 8.41. The van der Waals surface area contributed by atoms with Gasteiger partial charge in [-0.2, -0.15) is 0 Å². The highest BCUT2D eigenvalue weighted by atomic mass is 16.5. The van der Waals surface area contributed by atoms with E-state index < -0.39 is 47.2 Å². The zero-order valence-corrected chi connectivity index (χ0v) is 28.3. The van der Waals surface area contributed by atoms with Gasteiger partial charge in [0, 0.05) is 32.3 Å². The van der Waals surface area contributed by atoms with Gasteiger partial charge >= 0.3 is 0 Å². The lowest BCUT2D eigenvalue weighted by molar-refractivity contribution is -0.131. The Balaban J connectivity index is 1.40. The summed E-state index contributed by atoms with van der Waals surface area (Å²) in [6.07, 6.45) is 4.13. The number of nitrogens with one attached hydrogen (secondary N) is 4. The molecule has 3 heterocycles. The number of rotatable bonds is 8. The van der Waals surface area contributed by atoms with Gasteiger partial charge in [0.1, 0.15) is 31.0 Å². The molecule has 2 aromatic carbocycles. The number of benzene rings is 2. The summed E-state index contributed by atoms with van der Waals surface area (Å²) >= 11 is 0. The first-order valence-electron chi connectivity index (χ1n) is 16.7. The van der Waals surface area contributed by atoms with E-state index in [-0.39, 0.29) is 48.5 Å². The third-order valence-corrected chi connectivity index (χ3v) is 8.41. The van der Waals surface area contributed by atoms with Crippen LogP contribution < -0.4 is 31.4 Å². The SMILES string of the molecule is CC(C)[C@@H]1NC(=O)[C@@H](NC(=O)c2c(OCc3ccccc3)c(=O)ccn2C)CCCCNC(=O)c2coc(n2)[C@@H](Cc2ccccc2)NC1=O. The molecule has 13 nitrogen and oxygen atoms in total. The predicted molar refractivity (Wildman–Crippen MR) is 184 cm³/mol. The van der Waals surface area contributed by atoms with Gasteiger partial charge in [0.05, 0.1) is 0 Å². The van der Waals surface area contributed by atoms with Gasteiger partial charge in [0.25, 0.3) is 11.8 Å². The van der Waals surface area contributed by atoms with Crippen molar-refractivity contribution in [3.05, 3.63) is 118 Å². The van der Waals surface area contributed by atoms with Crippen molar-refractivity contribution in [1.29, 1.82) is 0 Å². The summed E-state index contributed by atoms with van der Waals surface area (Å²) in [6.45, 7) is 3.94. The van der Waals surface area contributed by atoms with Gasteiger partial charge in [-0.15, -0.1) is 0 Å². The van der Waals surface area contributed by atoms with Crippen LogP contribution in [0.1, 0.15) is 77.1 Å². The summed E-state index contributed by atoms with van der Waals surface area (Å²) in [5.74, 6) is -2.53. The Morgan fingerprint density at radius 2 is 1.66 bits per heavy atom. The largest absolute Gasteiger partial charge is 0.483 e. The first-order chi connectivity index (χ1) is 24.1. The van der Waals surface area contributed by atoms with Gasteiger partial charge in [0.15, 0.2) is 17.1 Å². The molecule has 0 saturated heterocycles. The van der Waals surface area contributed by atoms with Crippen molar-refractivity contribution >= 4 is 23.6 Å². The Bertz CT molecular complexity index is 1850. The van der Waals surface area contributed by atoms with Gasteiger partial charge in [0.2, 0.25) is 23.1 Å². The van der Waals surface area contributed by atoms with E-state index in [4.69, 9.17) is 9.15 Å². The summed E-state index contributed by atoms with van der Waals surface area (Å²) < 4.78 is 13.0. The number of oxazole rings is 1. The van der Waals surface area contributed by atoms with Gasteiger partial charge in [-0.05, 0) is 36.3 Å². The molecule has 262 valence electrons. The Hall–Kier alpha value is -5.72. The van der Waals surface area contributed by atoms with Gasteiger partial charge < -0.3 is 35.0 Å². The van der Waals surface area contributed by atoms with Crippen molar-refractivity contribution in [3.8, 4) is 5.75 Å². The molecular weight excluding hydrogens is 640 g/mol. The molecule has 4 aromatic rings. The fraction of sp³-hybridized carbons (Fsp3) is 0.351. The molecule has 13 heteroatoms. The van der Waals surface area contributed by atoms with Gasteiger partial charge in [-0.3, -0.25) is 24.0 Å². The number of amides is 4. The van der Waals surface area contributed by atoms with E-state index in [9.17, 15) is 24.0 Å². The summed E-state index contributed by atoms with van der Waals surface area (Å²) in [7, 11) is 1.60. The normalized spacial score (nSPS) is 18.9. The lowest BCUT2D eigenvalue weighted by Crippen LogP contribution is -2.56. The van der Waals surface area contributed by atoms with Crippen LogP contribution in [0.5, 0.6) is 5.75 Å². The van der Waals surface area contributed by atoms with E-state index >= 15 is 0 Å². The molecule has 2 bridgehead atoms. The monoisotopic (exact) mass is 682 g/mol. The second-order valence-corrected chi connectivity index (χ2v) is 12.6. The molecule has 0 radical (unpaired) electrons. The van der Waals surface area contributed by atoms with Gasteiger partial charge in [-0.1, -0.05) is 74.5 Å². The lowest BCUT2D eigenvalue weighted by atomic mass is 10.00. The molecule has 4 N–H and O–H groups in total. The number of carbonyl (C=O) groups excluding carboxylic acids is 4. The summed E-state index contributed by atoms with van der Waals surface area (Å²) in [5.41, 5.74) is 1.25. The average Bonchev–Trinajstić information content (AvgIpc) is 3.61. The van der Waals surface area contributed by atoms with E-state index in [1.807, 2.05) is 60.7 Å². The van der Waals surface area contributed by atoms with Crippen molar-refractivity contribution < 1.29 is 28.3 Å². The number of aromatic nitrogens is 2. The van der Waals surface area contributed by atoms with Crippen LogP contribution in [0.15, 0.2) is 88.4 Å². The molecule has 0 saturated carbocycles. The smallest absolute Gasteiger partial charge is 0.273 e. The van der Waals surface area contributed by atoms with E-state index in [1.54, 1.807) is 20.9 Å². The van der Waals surface area contributed by atoms with Crippen molar-refractivity contribution in [2.75, 3.05) is 6.54 Å². The molecule has 0 spiro atoms. The van der Waals surface area contributed by atoms with E-state index in [0.29, 0.717) is 19.3 Å². The second-order valence-electron chi connectivity index (χ2n) is 12.6. The van der Waals surface area contributed by atoms with Gasteiger partial charge in [-0.25, -0.2) is 4.98 Å². The van der Waals surface area contributed by atoms with Crippen LogP contribution in [-0.4, -0.2) is 51.8 Å². The second kappa shape index (κ2) is 16.6. The minimum atomic E-state index is -1.08. The number of hydrogen-bond acceptors (Lipinski definition) is 8. The molecule has 1 aliphatic heterocycles. The molecular formula is C37H42N6O7. The van der Waals surface area contributed by atoms with Crippen LogP contribution in [0.25, 0.3) is 0 Å². The molecule has 4 amide bonds. The average molecular weight is 683 g/mol. The third kappa shape index (κ3) is 9.04. The van der Waals surface area contributed by atoms with Crippen LogP contribution in [0.4, 0.5) is 0 Å². The number of nitrogens with zero attached hydrogens (tertiary/aromatic N) is 2. The Morgan fingerprint density at radius 3 is 2.36 bits per heavy atom. The lowest BCUT2D eigenvalue weighted by Gasteiger charge is -2.27. The Morgan fingerprint density at radius 1 is 0.960 bits per heavy atom. The number of ether oxygens (including phenoxy) is 1. The highest BCUT2D eigenvalue weighted by Crippen LogP contribution is 2.20. The molecule has 5 rings (SSSR count). The summed E-state index contributed by atoms with van der Waals surface area (Å²) in [4.78, 5) is 71.7. The van der Waals surface area contributed by atoms with Crippen molar-refractivity contribution in [2.24, 2.45) is 13.0 Å². The Kier molecular flexibility index (Phi) is 11.8. The van der Waals surface area contributed by atoms with E-state index in [0.717, 1.165) is 11.1 Å². The van der Waals surface area contributed by atoms with Crippen molar-refractivity contribution in [1.82, 2.24) is 30.8 Å². The van der Waals surface area contributed by atoms with Crippen LogP contribution >= 0.6 is 0 Å². The fourth-order valence-electron chi connectivity index (χ4n) is 5.65. The van der Waals surface area contributed by atoms with E-state index in [1.165, 1.54) is 23.1 Å². The predicted octanol–water partition coefficient (Wildman–Crippen LogP) is 3.21. The van der Waals surface area contributed by atoms with Crippen molar-refractivity contribution in [3.63, 3.8) is 0 Å². The number of hydrogen-bond donors (Lipinski definition) is 4. The summed E-state index contributed by atoms with van der Waals surface area (Å²) in [5, 5.41) is 11.4. The molecule has 50 heavy (non-hydrogen) atoms. The number of aryl methyl sites for hydroxylation is 1. The highest BCUT2D eigenvalue weighted by Gasteiger charge is 2.33. The first kappa shape index (κ1) is 35.6. The van der Waals surface area contributed by atoms with Crippen LogP contribution in [-0.2, 0) is 29.7 Å². The number of pyridine rings is 1. The number of carbonyl (C=O) groups is 4. The van der Waals surface area contributed by atoms with Crippen LogP contribution in [0.2, 0.25) is 0 Å². The minimum absolute atomic E-state index is 0.0490. The summed E-state index contributed by atoms with van der Waals surface area (Å²) in [6, 6.07) is 17.1. The maximum atomic E-state index is 13.9. The van der Waals surface area contributed by atoms with Crippen molar-refractivity contribution in [2.45, 2.75) is 64.3 Å². The highest BCUT2D eigenvalue weighted by molar-refractivity contribution is 5.99. The zero-order valence-electron chi connectivity index (χ0n) is 28.3. The molecule has 0 unspecified atom stereocenters.